The Labute approximate surface area is 337 Å². The number of methoxy groups -OCH3 is 1. The summed E-state index contributed by atoms with van der Waals surface area (Å²) in [6.07, 6.45) is 3.14. The van der Waals surface area contributed by atoms with E-state index in [0.29, 0.717) is 39.0 Å². The van der Waals surface area contributed by atoms with Gasteiger partial charge in [-0.05, 0) is 109 Å². The molecule has 0 radical (unpaired) electrons. The summed E-state index contributed by atoms with van der Waals surface area (Å²) in [4.78, 5) is 0. The monoisotopic (exact) mass is 810 g/mol. The Morgan fingerprint density at radius 2 is 0.949 bits per heavy atom. The van der Waals surface area contributed by atoms with Crippen LogP contribution in [0.2, 0.25) is 5.02 Å². The van der Waals surface area contributed by atoms with Crippen molar-refractivity contribution < 1.29 is 31.3 Å². The van der Waals surface area contributed by atoms with Gasteiger partial charge in [-0.25, -0.2) is 26.9 Å². The first-order valence-corrected chi connectivity index (χ1v) is 18.3. The predicted octanol–water partition coefficient (Wildman–Crippen LogP) is 11.9. The molecule has 0 spiro atoms. The molecule has 0 fully saturated rings. The van der Waals surface area contributed by atoms with E-state index < -0.39 is 23.3 Å². The molecular formula is C45H27ClF4N6O3. The Balaban J connectivity index is 0.000000152. The minimum Gasteiger partial charge on any atom is -0.497 e. The van der Waals surface area contributed by atoms with Crippen LogP contribution < -0.4 is 4.74 Å². The predicted molar refractivity (Wildman–Crippen MR) is 215 cm³/mol. The molecule has 10 rings (SSSR count). The summed E-state index contributed by atoms with van der Waals surface area (Å²) in [5, 5.41) is 18.9. The quantitative estimate of drug-likeness (QED) is 0.148. The molecule has 0 unspecified atom stereocenters. The van der Waals surface area contributed by atoms with Gasteiger partial charge in [0.1, 0.15) is 39.8 Å². The molecule has 10 aromatic rings. The van der Waals surface area contributed by atoms with E-state index in [2.05, 4.69) is 20.5 Å². The lowest BCUT2D eigenvalue weighted by molar-refractivity contribution is 0.414. The van der Waals surface area contributed by atoms with E-state index in [0.717, 1.165) is 50.9 Å². The highest BCUT2D eigenvalue weighted by atomic mass is 35.5. The summed E-state index contributed by atoms with van der Waals surface area (Å²) in [5.41, 5.74) is 6.30. The van der Waals surface area contributed by atoms with Gasteiger partial charge in [-0.3, -0.25) is 0 Å². The average Bonchev–Trinajstić information content (AvgIpc) is 4.08. The van der Waals surface area contributed by atoms with Crippen molar-refractivity contribution >= 4 is 33.4 Å². The Hall–Kier alpha value is -7.51. The topological polar surface area (TPSA) is 96.9 Å². The number of aromatic nitrogens is 6. The van der Waals surface area contributed by atoms with Crippen LogP contribution in [-0.4, -0.2) is 37.0 Å². The Bertz CT molecular complexity index is 3120. The number of hydrogen-bond acceptors (Lipinski definition) is 7. The van der Waals surface area contributed by atoms with Crippen LogP contribution in [0.15, 0.2) is 155 Å². The number of nitrogens with zero attached hydrogens (tertiary/aromatic N) is 6. The van der Waals surface area contributed by atoms with E-state index in [-0.39, 0.29) is 11.4 Å². The van der Waals surface area contributed by atoms with Crippen LogP contribution in [0.1, 0.15) is 0 Å². The maximum Gasteiger partial charge on any atom is 0.174 e. The fraction of sp³-hybridized carbons (Fsp3) is 0.0222. The number of halogens is 5. The molecule has 4 aromatic heterocycles. The van der Waals surface area contributed by atoms with Crippen LogP contribution in [0.25, 0.3) is 78.3 Å². The standard InChI is InChI=1S/C23H15F2N3O2.C22H12ClF2N3O/c1-29-17-6-2-14(3-7-17)23-18-12-15(4-8-20(18)27-30-23)21-10-11-26-28(21)22-9-5-16(24)13-19(22)25;23-15-4-1-13(2-5-15)22-17-11-14(3-7-19(17)27-29-22)20-9-10-26-28(20)21-8-6-16(24)12-18(21)25/h2-13H,1H3;1-12H. The number of rotatable bonds is 7. The van der Waals surface area contributed by atoms with Gasteiger partial charge < -0.3 is 13.8 Å². The molecular weight excluding hydrogens is 784 g/mol. The van der Waals surface area contributed by atoms with E-state index >= 15 is 0 Å². The molecule has 0 saturated heterocycles. The van der Waals surface area contributed by atoms with Crippen LogP contribution in [0.5, 0.6) is 5.75 Å². The van der Waals surface area contributed by atoms with Gasteiger partial charge >= 0.3 is 0 Å². The largest absolute Gasteiger partial charge is 0.497 e. The van der Waals surface area contributed by atoms with Crippen molar-refractivity contribution in [3.8, 4) is 62.3 Å². The van der Waals surface area contributed by atoms with E-state index in [9.17, 15) is 17.6 Å². The lowest BCUT2D eigenvalue weighted by Crippen LogP contribution is -2.02. The second-order valence-electron chi connectivity index (χ2n) is 13.2. The van der Waals surface area contributed by atoms with Crippen molar-refractivity contribution in [3.05, 3.63) is 174 Å². The lowest BCUT2D eigenvalue weighted by Gasteiger charge is -2.09. The summed E-state index contributed by atoms with van der Waals surface area (Å²) in [6.45, 7) is 0. The SMILES string of the molecule is COc1ccc(-c2onc3ccc(-c4ccnn4-c4ccc(F)cc4F)cc23)cc1.Fc1ccc(-n2nccc2-c2ccc3noc(-c4ccc(Cl)cc4)c3c2)c(F)c1. The summed E-state index contributed by atoms with van der Waals surface area (Å²) in [7, 11) is 1.61. The van der Waals surface area contributed by atoms with Gasteiger partial charge in [-0.1, -0.05) is 34.0 Å². The second-order valence-corrected chi connectivity index (χ2v) is 13.6. The molecule has 14 heteroatoms. The van der Waals surface area contributed by atoms with Crippen LogP contribution in [0, 0.1) is 23.3 Å². The summed E-state index contributed by atoms with van der Waals surface area (Å²) in [5.74, 6) is -0.689. The molecule has 0 amide bonds. The second kappa shape index (κ2) is 15.4. The van der Waals surface area contributed by atoms with Crippen LogP contribution in [0.4, 0.5) is 17.6 Å². The molecule has 0 bridgehead atoms. The normalized spacial score (nSPS) is 11.2. The van der Waals surface area contributed by atoms with E-state index in [1.165, 1.54) is 33.6 Å². The fourth-order valence-corrected chi connectivity index (χ4v) is 6.82. The zero-order chi connectivity index (χ0) is 40.6. The Morgan fingerprint density at radius 3 is 1.39 bits per heavy atom. The summed E-state index contributed by atoms with van der Waals surface area (Å²) >= 11 is 5.97. The highest BCUT2D eigenvalue weighted by Gasteiger charge is 2.18. The third-order valence-corrected chi connectivity index (χ3v) is 9.82. The van der Waals surface area contributed by atoms with Crippen LogP contribution in [-0.2, 0) is 0 Å². The van der Waals surface area contributed by atoms with Gasteiger partial charge in [0.15, 0.2) is 23.2 Å². The summed E-state index contributed by atoms with van der Waals surface area (Å²) < 4.78 is 74.4. The van der Waals surface area contributed by atoms with Gasteiger partial charge in [0.05, 0.1) is 41.7 Å². The van der Waals surface area contributed by atoms with Crippen molar-refractivity contribution in [2.24, 2.45) is 0 Å². The highest BCUT2D eigenvalue weighted by Crippen LogP contribution is 2.35. The number of hydrogen-bond donors (Lipinski definition) is 0. The molecule has 4 heterocycles. The van der Waals surface area contributed by atoms with Crippen molar-refractivity contribution in [1.29, 1.82) is 0 Å². The first-order valence-electron chi connectivity index (χ1n) is 17.9. The molecule has 9 nitrogen and oxygen atoms in total. The van der Waals surface area contributed by atoms with E-state index in [1.807, 2.05) is 72.8 Å². The summed E-state index contributed by atoms with van der Waals surface area (Å²) in [6, 6.07) is 36.3. The number of ether oxygens (including phenoxy) is 1. The third kappa shape index (κ3) is 7.19. The van der Waals surface area contributed by atoms with Gasteiger partial charge in [0, 0.05) is 39.4 Å². The Kier molecular flexibility index (Phi) is 9.71. The molecule has 6 aromatic carbocycles. The maximum atomic E-state index is 14.3. The molecule has 0 saturated carbocycles. The lowest BCUT2D eigenvalue weighted by atomic mass is 10.0. The van der Waals surface area contributed by atoms with Gasteiger partial charge in [-0.15, -0.1) is 0 Å². The maximum absolute atomic E-state index is 14.3. The molecule has 0 atom stereocenters. The minimum absolute atomic E-state index is 0.162. The first-order chi connectivity index (χ1) is 28.7. The Morgan fingerprint density at radius 1 is 0.508 bits per heavy atom. The van der Waals surface area contributed by atoms with Crippen LogP contribution in [0.3, 0.4) is 0 Å². The number of benzene rings is 6. The fourth-order valence-electron chi connectivity index (χ4n) is 6.70. The molecule has 0 N–H and O–H groups in total. The van der Waals surface area contributed by atoms with E-state index in [4.69, 9.17) is 25.4 Å². The minimum atomic E-state index is -0.692. The van der Waals surface area contributed by atoms with Crippen LogP contribution >= 0.6 is 11.6 Å². The van der Waals surface area contributed by atoms with Crippen molar-refractivity contribution in [3.63, 3.8) is 0 Å². The molecule has 0 aliphatic carbocycles. The number of fused-ring (bicyclic) bond motifs is 2. The molecule has 290 valence electrons. The zero-order valence-electron chi connectivity index (χ0n) is 30.7. The van der Waals surface area contributed by atoms with Crippen molar-refractivity contribution in [2.45, 2.75) is 0 Å². The molecule has 0 aliphatic heterocycles. The van der Waals surface area contributed by atoms with Gasteiger partial charge in [0.2, 0.25) is 0 Å². The smallest absolute Gasteiger partial charge is 0.174 e. The van der Waals surface area contributed by atoms with Gasteiger partial charge in [0.25, 0.3) is 0 Å². The van der Waals surface area contributed by atoms with Crippen molar-refractivity contribution in [1.82, 2.24) is 29.9 Å². The van der Waals surface area contributed by atoms with Crippen molar-refractivity contribution in [2.75, 3.05) is 7.11 Å². The first kappa shape index (κ1) is 37.1. The molecule has 59 heavy (non-hydrogen) atoms. The van der Waals surface area contributed by atoms with Gasteiger partial charge in [-0.2, -0.15) is 10.2 Å². The molecule has 0 aliphatic rings. The third-order valence-electron chi connectivity index (χ3n) is 9.56. The zero-order valence-corrected chi connectivity index (χ0v) is 31.4. The average molecular weight is 811 g/mol. The van der Waals surface area contributed by atoms with E-state index in [1.54, 1.807) is 43.8 Å². The highest BCUT2D eigenvalue weighted by molar-refractivity contribution is 6.30.